The Balaban J connectivity index is 1.76. The highest BCUT2D eigenvalue weighted by atomic mass is 16.5. The summed E-state index contributed by atoms with van der Waals surface area (Å²) >= 11 is 0. The Morgan fingerprint density at radius 3 is 2.46 bits per heavy atom. The number of nitrogens with one attached hydrogen (secondary N) is 2. The molecule has 5 nitrogen and oxygen atoms in total. The third-order valence-electron chi connectivity index (χ3n) is 3.97. The van der Waals surface area contributed by atoms with E-state index in [-0.39, 0.29) is 5.91 Å². The van der Waals surface area contributed by atoms with E-state index in [9.17, 15) is 4.79 Å². The highest BCUT2D eigenvalue weighted by Gasteiger charge is 2.11. The van der Waals surface area contributed by atoms with Gasteiger partial charge in [0, 0.05) is 11.3 Å². The van der Waals surface area contributed by atoms with Crippen LogP contribution in [0.3, 0.4) is 0 Å². The van der Waals surface area contributed by atoms with E-state index < -0.39 is 0 Å². The number of ether oxygens (including phenoxy) is 1. The molecule has 0 spiro atoms. The van der Waals surface area contributed by atoms with Crippen LogP contribution >= 0.6 is 0 Å². The second-order valence-corrected chi connectivity index (χ2v) is 5.65. The predicted molar refractivity (Wildman–Crippen MR) is 94.4 cm³/mol. The van der Waals surface area contributed by atoms with E-state index in [1.807, 2.05) is 56.3 Å². The summed E-state index contributed by atoms with van der Waals surface area (Å²) in [5, 5.41) is 9.87. The number of benzene rings is 2. The van der Waals surface area contributed by atoms with Gasteiger partial charge in [0.15, 0.2) is 0 Å². The number of hydrogen-bond acceptors (Lipinski definition) is 3. The number of rotatable bonds is 4. The topological polar surface area (TPSA) is 67.0 Å². The lowest BCUT2D eigenvalue weighted by Gasteiger charge is -2.06. The van der Waals surface area contributed by atoms with Gasteiger partial charge in [-0.2, -0.15) is 5.10 Å². The molecule has 24 heavy (non-hydrogen) atoms. The molecule has 0 aliphatic rings. The fourth-order valence-corrected chi connectivity index (χ4v) is 2.37. The maximum absolute atomic E-state index is 12.4. The van der Waals surface area contributed by atoms with Crippen LogP contribution in [-0.4, -0.2) is 23.2 Å². The van der Waals surface area contributed by atoms with Crippen LogP contribution in [0.1, 0.15) is 21.6 Å². The average molecular weight is 321 g/mol. The summed E-state index contributed by atoms with van der Waals surface area (Å²) in [4.78, 5) is 12.4. The van der Waals surface area contributed by atoms with E-state index in [0.717, 1.165) is 22.6 Å². The molecule has 0 fully saturated rings. The number of hydrogen-bond donors (Lipinski definition) is 2. The monoisotopic (exact) mass is 321 g/mol. The third kappa shape index (κ3) is 3.30. The van der Waals surface area contributed by atoms with Gasteiger partial charge in [0.05, 0.1) is 12.8 Å². The Bertz CT molecular complexity index is 867. The molecule has 0 saturated heterocycles. The first-order valence-electron chi connectivity index (χ1n) is 7.65. The molecule has 5 heteroatoms. The summed E-state index contributed by atoms with van der Waals surface area (Å²) in [7, 11) is 1.62. The van der Waals surface area contributed by atoms with Gasteiger partial charge in [-0.15, -0.1) is 0 Å². The van der Waals surface area contributed by atoms with E-state index in [1.165, 1.54) is 5.56 Å². The van der Waals surface area contributed by atoms with Crippen LogP contribution in [0, 0.1) is 13.8 Å². The summed E-state index contributed by atoms with van der Waals surface area (Å²) in [6, 6.07) is 15.1. The van der Waals surface area contributed by atoms with Gasteiger partial charge in [0.25, 0.3) is 5.91 Å². The van der Waals surface area contributed by atoms with Crippen LogP contribution < -0.4 is 10.1 Å². The first-order valence-corrected chi connectivity index (χ1v) is 7.65. The number of H-pyrrole nitrogens is 1. The van der Waals surface area contributed by atoms with Crippen molar-refractivity contribution in [3.05, 3.63) is 65.4 Å². The number of carbonyl (C=O) groups is 1. The maximum atomic E-state index is 12.4. The van der Waals surface area contributed by atoms with Crippen molar-refractivity contribution in [3.63, 3.8) is 0 Å². The van der Waals surface area contributed by atoms with Crippen molar-refractivity contribution in [2.75, 3.05) is 12.4 Å². The molecule has 3 aromatic rings. The van der Waals surface area contributed by atoms with Crippen molar-refractivity contribution in [3.8, 4) is 17.0 Å². The molecule has 0 unspecified atom stereocenters. The summed E-state index contributed by atoms with van der Waals surface area (Å²) in [5.74, 6) is 0.563. The largest absolute Gasteiger partial charge is 0.497 e. The number of nitrogens with zero attached hydrogens (tertiary/aromatic N) is 1. The Morgan fingerprint density at radius 1 is 1.04 bits per heavy atom. The zero-order chi connectivity index (χ0) is 17.1. The average Bonchev–Trinajstić information content (AvgIpc) is 3.08. The molecule has 1 amide bonds. The van der Waals surface area contributed by atoms with Gasteiger partial charge in [-0.25, -0.2) is 0 Å². The van der Waals surface area contributed by atoms with Crippen LogP contribution in [0.15, 0.2) is 48.5 Å². The van der Waals surface area contributed by atoms with Crippen LogP contribution in [0.4, 0.5) is 5.69 Å². The van der Waals surface area contributed by atoms with Crippen molar-refractivity contribution < 1.29 is 9.53 Å². The van der Waals surface area contributed by atoms with Gasteiger partial charge < -0.3 is 10.1 Å². The lowest BCUT2D eigenvalue weighted by atomic mass is 10.1. The summed E-state index contributed by atoms with van der Waals surface area (Å²) in [5.41, 5.74) is 5.13. The Hall–Kier alpha value is -3.08. The van der Waals surface area contributed by atoms with Gasteiger partial charge in [-0.1, -0.05) is 6.07 Å². The molecule has 2 aromatic carbocycles. The molecule has 0 bridgehead atoms. The van der Waals surface area contributed by atoms with Crippen LogP contribution in [0.2, 0.25) is 0 Å². The number of amides is 1. The normalized spacial score (nSPS) is 10.5. The number of carbonyl (C=O) groups excluding carboxylic acids is 1. The second-order valence-electron chi connectivity index (χ2n) is 5.65. The lowest BCUT2D eigenvalue weighted by Crippen LogP contribution is -2.12. The van der Waals surface area contributed by atoms with Crippen molar-refractivity contribution >= 4 is 11.6 Å². The van der Waals surface area contributed by atoms with Gasteiger partial charge >= 0.3 is 0 Å². The second kappa shape index (κ2) is 6.58. The molecule has 1 heterocycles. The van der Waals surface area contributed by atoms with E-state index >= 15 is 0 Å². The van der Waals surface area contributed by atoms with Gasteiger partial charge in [-0.3, -0.25) is 9.89 Å². The minimum atomic E-state index is -0.217. The van der Waals surface area contributed by atoms with Gasteiger partial charge in [0.1, 0.15) is 11.4 Å². The molecule has 0 aliphatic heterocycles. The molecule has 3 rings (SSSR count). The molecule has 1 aromatic heterocycles. The molecular formula is C19H19N3O2. The van der Waals surface area contributed by atoms with Crippen LogP contribution in [0.25, 0.3) is 11.3 Å². The highest BCUT2D eigenvalue weighted by molar-refractivity contribution is 6.03. The van der Waals surface area contributed by atoms with Crippen molar-refractivity contribution in [1.82, 2.24) is 10.2 Å². The van der Waals surface area contributed by atoms with Gasteiger partial charge in [-0.05, 0) is 67.4 Å². The Labute approximate surface area is 140 Å². The smallest absolute Gasteiger partial charge is 0.273 e. The predicted octanol–water partition coefficient (Wildman–Crippen LogP) is 3.95. The summed E-state index contributed by atoms with van der Waals surface area (Å²) < 4.78 is 5.14. The van der Waals surface area contributed by atoms with Crippen LogP contribution in [-0.2, 0) is 0 Å². The van der Waals surface area contributed by atoms with Crippen molar-refractivity contribution in [1.29, 1.82) is 0 Å². The summed E-state index contributed by atoms with van der Waals surface area (Å²) in [6.45, 7) is 4.06. The maximum Gasteiger partial charge on any atom is 0.273 e. The molecular weight excluding hydrogens is 302 g/mol. The quantitative estimate of drug-likeness (QED) is 0.764. The highest BCUT2D eigenvalue weighted by Crippen LogP contribution is 2.21. The molecule has 0 saturated carbocycles. The molecule has 122 valence electrons. The first-order chi connectivity index (χ1) is 11.6. The number of aryl methyl sites for hydroxylation is 2. The fraction of sp³-hybridized carbons (Fsp3) is 0.158. The zero-order valence-corrected chi connectivity index (χ0v) is 13.9. The fourth-order valence-electron chi connectivity index (χ4n) is 2.37. The number of aromatic amines is 1. The van der Waals surface area contributed by atoms with Gasteiger partial charge in [0.2, 0.25) is 0 Å². The minimum absolute atomic E-state index is 0.217. The molecule has 0 radical (unpaired) electrons. The van der Waals surface area contributed by atoms with Crippen LogP contribution in [0.5, 0.6) is 5.75 Å². The van der Waals surface area contributed by atoms with E-state index in [4.69, 9.17) is 4.74 Å². The molecule has 0 aliphatic carbocycles. The lowest BCUT2D eigenvalue weighted by molar-refractivity contribution is 0.102. The standard InChI is InChI=1S/C19H19N3O2/c1-12-4-7-15(10-13(12)2)20-19(23)18-11-17(21-22-18)14-5-8-16(24-3)9-6-14/h4-11H,1-3H3,(H,20,23)(H,21,22). The summed E-state index contributed by atoms with van der Waals surface area (Å²) in [6.07, 6.45) is 0. The number of anilines is 1. The first kappa shape index (κ1) is 15.8. The third-order valence-corrected chi connectivity index (χ3v) is 3.97. The number of aromatic nitrogens is 2. The molecule has 0 atom stereocenters. The van der Waals surface area contributed by atoms with Crippen molar-refractivity contribution in [2.24, 2.45) is 0 Å². The SMILES string of the molecule is COc1ccc(-c2cc(C(=O)Nc3ccc(C)c(C)c3)[nH]n2)cc1. The Morgan fingerprint density at radius 2 is 1.79 bits per heavy atom. The van der Waals surface area contributed by atoms with E-state index in [1.54, 1.807) is 13.2 Å². The van der Waals surface area contributed by atoms with E-state index in [0.29, 0.717) is 11.4 Å². The molecule has 2 N–H and O–H groups in total. The Kier molecular flexibility index (Phi) is 4.33. The van der Waals surface area contributed by atoms with Crippen molar-refractivity contribution in [2.45, 2.75) is 13.8 Å². The number of methoxy groups -OCH3 is 1. The minimum Gasteiger partial charge on any atom is -0.497 e. The van der Waals surface area contributed by atoms with E-state index in [2.05, 4.69) is 15.5 Å². The zero-order valence-electron chi connectivity index (χ0n) is 13.9.